The first kappa shape index (κ1) is 12.6. The van der Waals surface area contributed by atoms with Gasteiger partial charge >= 0.3 is 0 Å². The quantitative estimate of drug-likeness (QED) is 0.901. The van der Waals surface area contributed by atoms with E-state index in [0.717, 1.165) is 24.0 Å². The van der Waals surface area contributed by atoms with Crippen LogP contribution in [0.15, 0.2) is 22.7 Å². The van der Waals surface area contributed by atoms with Gasteiger partial charge in [-0.3, -0.25) is 4.79 Å². The highest BCUT2D eigenvalue weighted by atomic mass is 79.9. The van der Waals surface area contributed by atoms with E-state index in [1.165, 1.54) is 11.1 Å². The average Bonchev–Trinajstić information content (AvgIpc) is 2.28. The lowest BCUT2D eigenvalue weighted by molar-refractivity contribution is -0.134. The lowest BCUT2D eigenvalue weighted by Crippen LogP contribution is -2.54. The molecule has 92 valence electrons. The third-order valence-corrected chi connectivity index (χ3v) is 3.73. The molecule has 2 rings (SSSR count). The maximum Gasteiger partial charge on any atom is 0.239 e. The van der Waals surface area contributed by atoms with Gasteiger partial charge in [-0.2, -0.15) is 0 Å². The van der Waals surface area contributed by atoms with Crippen LogP contribution in [0.1, 0.15) is 11.1 Å². The topological polar surface area (TPSA) is 32.3 Å². The van der Waals surface area contributed by atoms with Gasteiger partial charge in [-0.25, -0.2) is 0 Å². The Labute approximate surface area is 110 Å². The Hall–Kier alpha value is -0.870. The van der Waals surface area contributed by atoms with Crippen molar-refractivity contribution in [1.82, 2.24) is 10.2 Å². The maximum absolute atomic E-state index is 12.0. The monoisotopic (exact) mass is 296 g/mol. The Morgan fingerprint density at radius 3 is 3.00 bits per heavy atom. The van der Waals surface area contributed by atoms with Crippen molar-refractivity contribution in [3.8, 4) is 0 Å². The van der Waals surface area contributed by atoms with Gasteiger partial charge in [-0.05, 0) is 36.6 Å². The van der Waals surface area contributed by atoms with Gasteiger partial charge in [0.25, 0.3) is 0 Å². The fourth-order valence-electron chi connectivity index (χ4n) is 2.14. The van der Waals surface area contributed by atoms with E-state index in [2.05, 4.69) is 40.3 Å². The number of piperazine rings is 1. The van der Waals surface area contributed by atoms with Gasteiger partial charge in [0.2, 0.25) is 5.91 Å². The van der Waals surface area contributed by atoms with Gasteiger partial charge in [0.05, 0.1) is 6.04 Å². The summed E-state index contributed by atoms with van der Waals surface area (Å²) >= 11 is 3.45. The summed E-state index contributed by atoms with van der Waals surface area (Å²) in [6.07, 6.45) is 0.766. The molecule has 1 atom stereocenters. The molecule has 0 aromatic heterocycles. The minimum atomic E-state index is -0.0753. The molecule has 0 aliphatic carbocycles. The highest BCUT2D eigenvalue weighted by molar-refractivity contribution is 9.10. The number of rotatable bonds is 2. The van der Waals surface area contributed by atoms with E-state index in [1.54, 1.807) is 4.90 Å². The van der Waals surface area contributed by atoms with Gasteiger partial charge < -0.3 is 10.2 Å². The average molecular weight is 297 g/mol. The molecule has 0 spiro atoms. The molecule has 1 fully saturated rings. The van der Waals surface area contributed by atoms with Crippen molar-refractivity contribution >= 4 is 21.8 Å². The molecule has 4 heteroatoms. The number of benzene rings is 1. The van der Waals surface area contributed by atoms with Crippen molar-refractivity contribution in [2.24, 2.45) is 0 Å². The van der Waals surface area contributed by atoms with Crippen LogP contribution in [0.25, 0.3) is 0 Å². The normalized spacial score (nSPS) is 20.8. The fourth-order valence-corrected chi connectivity index (χ4v) is 2.61. The van der Waals surface area contributed by atoms with Crippen LogP contribution in [0.5, 0.6) is 0 Å². The summed E-state index contributed by atoms with van der Waals surface area (Å²) in [4.78, 5) is 13.8. The van der Waals surface area contributed by atoms with Crippen molar-refractivity contribution < 1.29 is 4.79 Å². The van der Waals surface area contributed by atoms with Crippen LogP contribution in [0.2, 0.25) is 0 Å². The molecule has 1 aromatic rings. The largest absolute Gasteiger partial charge is 0.343 e. The van der Waals surface area contributed by atoms with Gasteiger partial charge in [-0.15, -0.1) is 0 Å². The molecule has 1 amide bonds. The SMILES string of the molecule is Cc1cc(Br)ccc1CC1NCCN(C)C1=O. The number of carbonyl (C=O) groups is 1. The Balaban J connectivity index is 2.12. The molecule has 1 aliphatic heterocycles. The highest BCUT2D eigenvalue weighted by Gasteiger charge is 2.26. The lowest BCUT2D eigenvalue weighted by Gasteiger charge is -2.30. The van der Waals surface area contributed by atoms with E-state index in [-0.39, 0.29) is 11.9 Å². The third kappa shape index (κ3) is 2.87. The van der Waals surface area contributed by atoms with Crippen LogP contribution in [0, 0.1) is 6.92 Å². The smallest absolute Gasteiger partial charge is 0.239 e. The molecular formula is C13H17BrN2O. The summed E-state index contributed by atoms with van der Waals surface area (Å²) in [7, 11) is 1.87. The number of amides is 1. The van der Waals surface area contributed by atoms with Crippen molar-refractivity contribution in [1.29, 1.82) is 0 Å². The first-order valence-electron chi connectivity index (χ1n) is 5.81. The zero-order chi connectivity index (χ0) is 12.4. The number of hydrogen-bond acceptors (Lipinski definition) is 2. The molecule has 0 saturated carbocycles. The molecule has 1 heterocycles. The second-order valence-corrected chi connectivity index (χ2v) is 5.46. The first-order chi connectivity index (χ1) is 8.08. The van der Waals surface area contributed by atoms with Crippen molar-refractivity contribution in [2.45, 2.75) is 19.4 Å². The zero-order valence-electron chi connectivity index (χ0n) is 10.2. The Kier molecular flexibility index (Phi) is 3.84. The highest BCUT2D eigenvalue weighted by Crippen LogP contribution is 2.18. The minimum Gasteiger partial charge on any atom is -0.343 e. The van der Waals surface area contributed by atoms with Crippen molar-refractivity contribution in [3.63, 3.8) is 0 Å². The Bertz CT molecular complexity index is 433. The van der Waals surface area contributed by atoms with Gasteiger partial charge in [0.1, 0.15) is 0 Å². The molecule has 0 bridgehead atoms. The van der Waals surface area contributed by atoms with E-state index < -0.39 is 0 Å². The molecule has 1 unspecified atom stereocenters. The van der Waals surface area contributed by atoms with E-state index in [0.29, 0.717) is 0 Å². The fraction of sp³-hybridized carbons (Fsp3) is 0.462. The summed E-state index contributed by atoms with van der Waals surface area (Å²) in [5.74, 6) is 0.193. The second kappa shape index (κ2) is 5.19. The zero-order valence-corrected chi connectivity index (χ0v) is 11.8. The summed E-state index contributed by atoms with van der Waals surface area (Å²) in [5.41, 5.74) is 2.46. The third-order valence-electron chi connectivity index (χ3n) is 3.24. The number of halogens is 1. The lowest BCUT2D eigenvalue weighted by atomic mass is 9.99. The first-order valence-corrected chi connectivity index (χ1v) is 6.60. The molecule has 1 aliphatic rings. The predicted molar refractivity (Wildman–Crippen MR) is 72.0 cm³/mol. The van der Waals surface area contributed by atoms with Crippen LogP contribution < -0.4 is 5.32 Å². The van der Waals surface area contributed by atoms with E-state index in [4.69, 9.17) is 0 Å². The van der Waals surface area contributed by atoms with Gasteiger partial charge in [0, 0.05) is 24.6 Å². The molecule has 1 aromatic carbocycles. The standard InChI is InChI=1S/C13H17BrN2O/c1-9-7-11(14)4-3-10(9)8-12-13(17)16(2)6-5-15-12/h3-4,7,12,15H,5-6,8H2,1-2H3. The van der Waals surface area contributed by atoms with Crippen molar-refractivity contribution in [2.75, 3.05) is 20.1 Å². The summed E-state index contributed by atoms with van der Waals surface area (Å²) in [5, 5.41) is 3.29. The van der Waals surface area contributed by atoms with Crippen LogP contribution in [-0.2, 0) is 11.2 Å². The van der Waals surface area contributed by atoms with Crippen LogP contribution >= 0.6 is 15.9 Å². The molecule has 3 nitrogen and oxygen atoms in total. The number of hydrogen-bond donors (Lipinski definition) is 1. The van der Waals surface area contributed by atoms with E-state index in [9.17, 15) is 4.79 Å². The number of aryl methyl sites for hydroxylation is 1. The minimum absolute atomic E-state index is 0.0753. The van der Waals surface area contributed by atoms with Crippen LogP contribution in [0.4, 0.5) is 0 Å². The summed E-state index contributed by atoms with van der Waals surface area (Å²) in [6.45, 7) is 3.76. The summed E-state index contributed by atoms with van der Waals surface area (Å²) < 4.78 is 1.08. The molecule has 1 saturated heterocycles. The van der Waals surface area contributed by atoms with Crippen LogP contribution in [0.3, 0.4) is 0 Å². The number of nitrogens with one attached hydrogen (secondary N) is 1. The second-order valence-electron chi connectivity index (χ2n) is 4.54. The Morgan fingerprint density at radius 1 is 1.53 bits per heavy atom. The molecule has 0 radical (unpaired) electrons. The number of nitrogens with zero attached hydrogens (tertiary/aromatic N) is 1. The molecular weight excluding hydrogens is 280 g/mol. The van der Waals surface area contributed by atoms with Gasteiger partial charge in [-0.1, -0.05) is 22.0 Å². The predicted octanol–water partition coefficient (Wildman–Crippen LogP) is 1.73. The molecule has 17 heavy (non-hydrogen) atoms. The number of likely N-dealkylation sites (N-methyl/N-ethyl adjacent to an activating group) is 1. The number of carbonyl (C=O) groups excluding carboxylic acids is 1. The Morgan fingerprint density at radius 2 is 2.29 bits per heavy atom. The maximum atomic E-state index is 12.0. The molecule has 1 N–H and O–H groups in total. The van der Waals surface area contributed by atoms with E-state index in [1.807, 2.05) is 13.1 Å². The summed E-state index contributed by atoms with van der Waals surface area (Å²) in [6, 6.07) is 6.13. The van der Waals surface area contributed by atoms with Gasteiger partial charge in [0.15, 0.2) is 0 Å². The van der Waals surface area contributed by atoms with Crippen molar-refractivity contribution in [3.05, 3.63) is 33.8 Å². The van der Waals surface area contributed by atoms with E-state index >= 15 is 0 Å². The van der Waals surface area contributed by atoms with Crippen LogP contribution in [-0.4, -0.2) is 37.0 Å².